The van der Waals surface area contributed by atoms with E-state index >= 15 is 0 Å². The smallest absolute Gasteiger partial charge is 0.232 e. The lowest BCUT2D eigenvalue weighted by Gasteiger charge is -2.24. The molecule has 1 atom stereocenters. The second kappa shape index (κ2) is 5.94. The zero-order chi connectivity index (χ0) is 17.4. The molecule has 1 saturated heterocycles. The minimum Gasteiger partial charge on any atom is -0.343 e. The molecule has 0 saturated carbocycles. The second-order valence-corrected chi connectivity index (χ2v) is 7.62. The summed E-state index contributed by atoms with van der Waals surface area (Å²) in [5.74, 6) is 0.521. The van der Waals surface area contributed by atoms with Crippen molar-refractivity contribution in [3.63, 3.8) is 0 Å². The Morgan fingerprint density at radius 3 is 2.48 bits per heavy atom. The van der Waals surface area contributed by atoms with Gasteiger partial charge in [-0.15, -0.1) is 0 Å². The van der Waals surface area contributed by atoms with Crippen LogP contribution in [0, 0.1) is 5.92 Å². The summed E-state index contributed by atoms with van der Waals surface area (Å²) < 4.78 is 5.30. The molecule has 2 heterocycles. The maximum Gasteiger partial charge on any atom is 0.232 e. The Morgan fingerprint density at radius 1 is 1.35 bits per heavy atom. The number of nitrogens with one attached hydrogen (secondary N) is 1. The maximum absolute atomic E-state index is 12.5. The largest absolute Gasteiger partial charge is 0.343 e. The second-order valence-electron chi connectivity index (χ2n) is 7.62. The molecule has 1 fully saturated rings. The molecule has 2 rings (SSSR count). The number of nitrogens with zero attached hydrogens (tertiary/aromatic N) is 3. The fourth-order valence-corrected chi connectivity index (χ4v) is 2.50. The summed E-state index contributed by atoms with van der Waals surface area (Å²) in [7, 11) is 0. The molecular formula is C16H26N4O3. The van der Waals surface area contributed by atoms with E-state index in [1.807, 2.05) is 41.5 Å². The number of carbonyl (C=O) groups is 2. The molecule has 0 aliphatic carbocycles. The monoisotopic (exact) mass is 322 g/mol. The Hall–Kier alpha value is -1.92. The van der Waals surface area contributed by atoms with Gasteiger partial charge in [0, 0.05) is 24.9 Å². The van der Waals surface area contributed by atoms with Crippen molar-refractivity contribution in [2.45, 2.75) is 58.9 Å². The molecule has 1 aromatic heterocycles. The molecule has 0 aromatic carbocycles. The predicted molar refractivity (Wildman–Crippen MR) is 84.5 cm³/mol. The summed E-state index contributed by atoms with van der Waals surface area (Å²) in [6, 6.07) is 0. The van der Waals surface area contributed by atoms with Crippen molar-refractivity contribution in [2.24, 2.45) is 5.92 Å². The van der Waals surface area contributed by atoms with E-state index in [1.54, 1.807) is 4.90 Å². The van der Waals surface area contributed by atoms with Crippen molar-refractivity contribution in [3.8, 4) is 0 Å². The number of hydrogen-bond donors (Lipinski definition) is 1. The molecule has 1 aliphatic rings. The van der Waals surface area contributed by atoms with E-state index in [-0.39, 0.29) is 29.6 Å². The summed E-state index contributed by atoms with van der Waals surface area (Å²) in [5.41, 5.74) is -1.00. The molecule has 1 aromatic rings. The minimum absolute atomic E-state index is 0.0278. The average molecular weight is 322 g/mol. The Labute approximate surface area is 136 Å². The zero-order valence-electron chi connectivity index (χ0n) is 14.8. The number of carbonyl (C=O) groups excluding carboxylic acids is 2. The normalized spacial score (nSPS) is 19.3. The van der Waals surface area contributed by atoms with Crippen LogP contribution in [0.2, 0.25) is 0 Å². The van der Waals surface area contributed by atoms with Crippen LogP contribution in [0.25, 0.3) is 0 Å². The van der Waals surface area contributed by atoms with Crippen LogP contribution in [0.4, 0.5) is 0 Å². The van der Waals surface area contributed by atoms with Crippen LogP contribution in [0.15, 0.2) is 4.52 Å². The molecule has 0 unspecified atom stereocenters. The van der Waals surface area contributed by atoms with Crippen LogP contribution >= 0.6 is 0 Å². The lowest BCUT2D eigenvalue weighted by atomic mass is 9.96. The molecule has 1 N–H and O–H groups in total. The van der Waals surface area contributed by atoms with Gasteiger partial charge in [0.25, 0.3) is 0 Å². The van der Waals surface area contributed by atoms with E-state index in [0.29, 0.717) is 24.8 Å². The Morgan fingerprint density at radius 2 is 2.00 bits per heavy atom. The number of likely N-dealkylation sites (tertiary alicyclic amines) is 1. The fourth-order valence-electron chi connectivity index (χ4n) is 2.50. The number of aromatic nitrogens is 2. The minimum atomic E-state index is -0.757. The van der Waals surface area contributed by atoms with Crippen molar-refractivity contribution >= 4 is 11.8 Å². The highest BCUT2D eigenvalue weighted by Crippen LogP contribution is 2.25. The third-order valence-electron chi connectivity index (χ3n) is 4.03. The Kier molecular flexibility index (Phi) is 4.50. The molecule has 7 nitrogen and oxygen atoms in total. The Balaban J connectivity index is 2.07. The van der Waals surface area contributed by atoms with Gasteiger partial charge in [0.1, 0.15) is 0 Å². The van der Waals surface area contributed by atoms with Gasteiger partial charge in [-0.3, -0.25) is 9.59 Å². The summed E-state index contributed by atoms with van der Waals surface area (Å²) in [5, 5.41) is 6.94. The average Bonchev–Trinajstić information content (AvgIpc) is 3.04. The summed E-state index contributed by atoms with van der Waals surface area (Å²) in [6.07, 6.45) is 0.259. The van der Waals surface area contributed by atoms with Gasteiger partial charge in [-0.05, 0) is 20.8 Å². The molecular weight excluding hydrogens is 296 g/mol. The highest BCUT2D eigenvalue weighted by molar-refractivity contribution is 5.89. The molecule has 1 aliphatic heterocycles. The SMILES string of the molecule is CCN1C[C@@H](C(=O)NC(C)(C)c2noc(C(C)(C)C)n2)CC1=O. The number of rotatable bonds is 4. The third kappa shape index (κ3) is 3.71. The van der Waals surface area contributed by atoms with Gasteiger partial charge in [0.15, 0.2) is 5.82 Å². The first-order chi connectivity index (χ1) is 10.5. The van der Waals surface area contributed by atoms with Gasteiger partial charge in [0.2, 0.25) is 17.7 Å². The first kappa shape index (κ1) is 17.4. The van der Waals surface area contributed by atoms with Crippen LogP contribution in [-0.4, -0.2) is 39.9 Å². The maximum atomic E-state index is 12.5. The summed E-state index contributed by atoms with van der Waals surface area (Å²) in [6.45, 7) is 12.6. The van der Waals surface area contributed by atoms with Crippen LogP contribution in [0.1, 0.15) is 59.7 Å². The molecule has 0 bridgehead atoms. The molecule has 128 valence electrons. The summed E-state index contributed by atoms with van der Waals surface area (Å²) >= 11 is 0. The van der Waals surface area contributed by atoms with Gasteiger partial charge in [-0.2, -0.15) is 4.98 Å². The lowest BCUT2D eigenvalue weighted by molar-refractivity contribution is -0.129. The van der Waals surface area contributed by atoms with Crippen molar-refractivity contribution in [1.29, 1.82) is 0 Å². The number of amides is 2. The van der Waals surface area contributed by atoms with E-state index in [2.05, 4.69) is 15.5 Å². The molecule has 23 heavy (non-hydrogen) atoms. The first-order valence-corrected chi connectivity index (χ1v) is 7.99. The van der Waals surface area contributed by atoms with Gasteiger partial charge in [0.05, 0.1) is 11.5 Å². The predicted octanol–water partition coefficient (Wildman–Crippen LogP) is 1.59. The van der Waals surface area contributed by atoms with E-state index in [9.17, 15) is 9.59 Å². The van der Waals surface area contributed by atoms with E-state index in [1.165, 1.54) is 0 Å². The van der Waals surface area contributed by atoms with Crippen molar-refractivity contribution in [3.05, 3.63) is 11.7 Å². The fraction of sp³-hybridized carbons (Fsp3) is 0.750. The Bertz CT molecular complexity index is 601. The lowest BCUT2D eigenvalue weighted by Crippen LogP contribution is -2.45. The van der Waals surface area contributed by atoms with Gasteiger partial charge >= 0.3 is 0 Å². The molecule has 7 heteroatoms. The molecule has 2 amide bonds. The van der Waals surface area contributed by atoms with Crippen LogP contribution in [0.3, 0.4) is 0 Å². The van der Waals surface area contributed by atoms with Crippen molar-refractivity contribution in [2.75, 3.05) is 13.1 Å². The van der Waals surface area contributed by atoms with Crippen molar-refractivity contribution in [1.82, 2.24) is 20.4 Å². The van der Waals surface area contributed by atoms with E-state index in [4.69, 9.17) is 4.52 Å². The zero-order valence-corrected chi connectivity index (χ0v) is 14.8. The topological polar surface area (TPSA) is 88.3 Å². The van der Waals surface area contributed by atoms with Crippen LogP contribution in [-0.2, 0) is 20.5 Å². The number of hydrogen-bond acceptors (Lipinski definition) is 5. The highest BCUT2D eigenvalue weighted by atomic mass is 16.5. The molecule has 0 radical (unpaired) electrons. The highest BCUT2D eigenvalue weighted by Gasteiger charge is 2.37. The van der Waals surface area contributed by atoms with Crippen LogP contribution in [0.5, 0.6) is 0 Å². The third-order valence-corrected chi connectivity index (χ3v) is 4.03. The van der Waals surface area contributed by atoms with Gasteiger partial charge < -0.3 is 14.7 Å². The van der Waals surface area contributed by atoms with E-state index in [0.717, 1.165) is 0 Å². The van der Waals surface area contributed by atoms with Gasteiger partial charge in [-0.1, -0.05) is 25.9 Å². The van der Waals surface area contributed by atoms with E-state index < -0.39 is 5.54 Å². The first-order valence-electron chi connectivity index (χ1n) is 7.99. The standard InChI is InChI=1S/C16H26N4O3/c1-7-20-9-10(8-11(20)21)12(22)18-16(5,6)13-17-14(23-19-13)15(2,3)4/h10H,7-9H2,1-6H3,(H,18,22)/t10-/m0/s1. The summed E-state index contributed by atoms with van der Waals surface area (Å²) in [4.78, 5) is 30.4. The van der Waals surface area contributed by atoms with Gasteiger partial charge in [-0.25, -0.2) is 0 Å². The van der Waals surface area contributed by atoms with Crippen molar-refractivity contribution < 1.29 is 14.1 Å². The molecule has 0 spiro atoms. The quantitative estimate of drug-likeness (QED) is 0.909. The van der Waals surface area contributed by atoms with Crippen LogP contribution < -0.4 is 5.32 Å².